The Hall–Kier alpha value is -2.93. The highest BCUT2D eigenvalue weighted by Gasteiger charge is 2.05. The van der Waals surface area contributed by atoms with Crippen LogP contribution in [0.1, 0.15) is 16.2 Å². The molecule has 25 heavy (non-hydrogen) atoms. The summed E-state index contributed by atoms with van der Waals surface area (Å²) >= 11 is 3.44. The lowest BCUT2D eigenvalue weighted by Gasteiger charge is -2.10. The van der Waals surface area contributed by atoms with Crippen LogP contribution in [0.25, 0.3) is 0 Å². The number of carboxylic acids is 1. The Morgan fingerprint density at radius 3 is 2.20 bits per heavy atom. The highest BCUT2D eigenvalue weighted by atomic mass is 79.9. The molecule has 7 heteroatoms. The van der Waals surface area contributed by atoms with E-state index in [1.807, 2.05) is 31.2 Å². The van der Waals surface area contributed by atoms with Gasteiger partial charge in [0.25, 0.3) is 0 Å². The second-order valence-corrected chi connectivity index (χ2v) is 6.24. The first-order valence-corrected chi connectivity index (χ1v) is 8.27. The molecule has 0 saturated heterocycles. The lowest BCUT2D eigenvalue weighted by molar-refractivity contribution is 0.0697. The fraction of sp³-hybridized carbons (Fsp3) is 0.0556. The molecular formula is C18H15BrN4O2. The van der Waals surface area contributed by atoms with Crippen molar-refractivity contribution in [1.29, 1.82) is 0 Å². The molecule has 0 atom stereocenters. The number of nitrogens with one attached hydrogen (secondary N) is 2. The van der Waals surface area contributed by atoms with E-state index in [1.165, 1.54) is 0 Å². The third kappa shape index (κ3) is 4.54. The zero-order valence-corrected chi connectivity index (χ0v) is 14.9. The zero-order valence-electron chi connectivity index (χ0n) is 13.3. The predicted octanol–water partition coefficient (Wildman–Crippen LogP) is 4.73. The third-order valence-corrected chi connectivity index (χ3v) is 3.83. The Morgan fingerprint density at radius 2 is 1.60 bits per heavy atom. The van der Waals surface area contributed by atoms with E-state index >= 15 is 0 Å². The molecule has 2 aromatic carbocycles. The Labute approximate surface area is 153 Å². The first kappa shape index (κ1) is 16.9. The van der Waals surface area contributed by atoms with E-state index in [4.69, 9.17) is 5.11 Å². The van der Waals surface area contributed by atoms with Crippen LogP contribution < -0.4 is 10.6 Å². The Kier molecular flexibility index (Phi) is 4.95. The van der Waals surface area contributed by atoms with E-state index < -0.39 is 5.97 Å². The van der Waals surface area contributed by atoms with Crippen molar-refractivity contribution >= 4 is 44.9 Å². The van der Waals surface area contributed by atoms with Crippen LogP contribution in [-0.2, 0) is 0 Å². The summed E-state index contributed by atoms with van der Waals surface area (Å²) < 4.78 is 0.972. The molecule has 0 spiro atoms. The first-order chi connectivity index (χ1) is 12.0. The van der Waals surface area contributed by atoms with Crippen molar-refractivity contribution in [1.82, 2.24) is 9.97 Å². The molecule has 0 unspecified atom stereocenters. The molecule has 0 aliphatic heterocycles. The Balaban J connectivity index is 1.80. The van der Waals surface area contributed by atoms with Gasteiger partial charge in [-0.05, 0) is 49.4 Å². The fourth-order valence-corrected chi connectivity index (χ4v) is 2.65. The van der Waals surface area contributed by atoms with Crippen molar-refractivity contribution in [3.05, 3.63) is 70.5 Å². The molecule has 0 saturated carbocycles. The average Bonchev–Trinajstić information content (AvgIpc) is 2.54. The number of nitrogens with zero attached hydrogens (tertiary/aromatic N) is 2. The maximum absolute atomic E-state index is 10.9. The van der Waals surface area contributed by atoms with Crippen LogP contribution >= 0.6 is 15.9 Å². The largest absolute Gasteiger partial charge is 0.478 e. The van der Waals surface area contributed by atoms with Gasteiger partial charge >= 0.3 is 5.97 Å². The number of aromatic nitrogens is 2. The molecular weight excluding hydrogens is 384 g/mol. The van der Waals surface area contributed by atoms with Crippen LogP contribution in [0.2, 0.25) is 0 Å². The number of hydrogen-bond donors (Lipinski definition) is 3. The summed E-state index contributed by atoms with van der Waals surface area (Å²) in [5.41, 5.74) is 1.89. The van der Waals surface area contributed by atoms with E-state index in [2.05, 4.69) is 36.5 Å². The van der Waals surface area contributed by atoms with Crippen molar-refractivity contribution in [3.63, 3.8) is 0 Å². The number of aryl methyl sites for hydroxylation is 1. The van der Waals surface area contributed by atoms with Gasteiger partial charge in [0.15, 0.2) is 0 Å². The molecule has 0 aliphatic carbocycles. The maximum atomic E-state index is 10.9. The number of anilines is 4. The second-order valence-electron chi connectivity index (χ2n) is 5.33. The molecule has 1 aromatic heterocycles. The van der Waals surface area contributed by atoms with Crippen LogP contribution in [-0.4, -0.2) is 21.0 Å². The first-order valence-electron chi connectivity index (χ1n) is 7.48. The summed E-state index contributed by atoms with van der Waals surface area (Å²) in [5.74, 6) is 0.943. The van der Waals surface area contributed by atoms with Crippen molar-refractivity contribution in [2.45, 2.75) is 6.92 Å². The average molecular weight is 399 g/mol. The lowest BCUT2D eigenvalue weighted by atomic mass is 10.2. The van der Waals surface area contributed by atoms with Gasteiger partial charge in [0, 0.05) is 21.9 Å². The molecule has 0 radical (unpaired) electrons. The molecule has 0 aliphatic rings. The second kappa shape index (κ2) is 7.31. The summed E-state index contributed by atoms with van der Waals surface area (Å²) in [4.78, 5) is 19.6. The number of aromatic carboxylic acids is 1. The summed E-state index contributed by atoms with van der Waals surface area (Å²) in [6.07, 6.45) is 0. The topological polar surface area (TPSA) is 87.1 Å². The number of carboxylic acid groups (broad SMARTS) is 1. The van der Waals surface area contributed by atoms with Gasteiger partial charge in [-0.3, -0.25) is 0 Å². The number of halogens is 1. The highest BCUT2D eigenvalue weighted by Crippen LogP contribution is 2.22. The van der Waals surface area contributed by atoms with Crippen molar-refractivity contribution in [2.75, 3.05) is 10.6 Å². The van der Waals surface area contributed by atoms with Crippen molar-refractivity contribution in [2.24, 2.45) is 0 Å². The molecule has 3 rings (SSSR count). The van der Waals surface area contributed by atoms with E-state index in [0.717, 1.165) is 15.8 Å². The molecule has 1 heterocycles. The van der Waals surface area contributed by atoms with Crippen LogP contribution in [0.3, 0.4) is 0 Å². The third-order valence-electron chi connectivity index (χ3n) is 3.34. The van der Waals surface area contributed by atoms with E-state index in [0.29, 0.717) is 17.5 Å². The molecule has 0 bridgehead atoms. The minimum Gasteiger partial charge on any atom is -0.478 e. The van der Waals surface area contributed by atoms with Crippen LogP contribution in [0.5, 0.6) is 0 Å². The van der Waals surface area contributed by atoms with Gasteiger partial charge in [0.05, 0.1) is 5.56 Å². The van der Waals surface area contributed by atoms with Gasteiger partial charge in [-0.1, -0.05) is 22.0 Å². The quantitative estimate of drug-likeness (QED) is 0.575. The van der Waals surface area contributed by atoms with Crippen LogP contribution in [0.15, 0.2) is 59.1 Å². The highest BCUT2D eigenvalue weighted by molar-refractivity contribution is 9.10. The smallest absolute Gasteiger partial charge is 0.335 e. The normalized spacial score (nSPS) is 10.3. The molecule has 6 nitrogen and oxygen atoms in total. The number of hydrogen-bond acceptors (Lipinski definition) is 5. The number of benzene rings is 2. The van der Waals surface area contributed by atoms with Crippen LogP contribution in [0, 0.1) is 6.92 Å². The monoisotopic (exact) mass is 398 g/mol. The fourth-order valence-electron chi connectivity index (χ4n) is 2.25. The summed E-state index contributed by atoms with van der Waals surface area (Å²) in [7, 11) is 0. The minimum absolute atomic E-state index is 0.237. The van der Waals surface area contributed by atoms with Crippen molar-refractivity contribution < 1.29 is 9.90 Å². The maximum Gasteiger partial charge on any atom is 0.335 e. The molecule has 126 valence electrons. The Morgan fingerprint density at radius 1 is 0.960 bits per heavy atom. The molecule has 3 aromatic rings. The van der Waals surface area contributed by atoms with E-state index in [-0.39, 0.29) is 5.56 Å². The predicted molar refractivity (Wildman–Crippen MR) is 101 cm³/mol. The van der Waals surface area contributed by atoms with Gasteiger partial charge in [0.2, 0.25) is 0 Å². The number of carbonyl (C=O) groups is 1. The van der Waals surface area contributed by atoms with Gasteiger partial charge < -0.3 is 15.7 Å². The minimum atomic E-state index is -0.954. The Bertz CT molecular complexity index is 913. The molecule has 0 amide bonds. The molecule has 0 fully saturated rings. The number of rotatable bonds is 5. The summed E-state index contributed by atoms with van der Waals surface area (Å²) in [5, 5.41) is 15.3. The van der Waals surface area contributed by atoms with Crippen LogP contribution in [0.4, 0.5) is 23.0 Å². The van der Waals surface area contributed by atoms with Crippen molar-refractivity contribution in [3.8, 4) is 0 Å². The van der Waals surface area contributed by atoms with E-state index in [9.17, 15) is 4.79 Å². The lowest BCUT2D eigenvalue weighted by Crippen LogP contribution is -2.02. The van der Waals surface area contributed by atoms with Gasteiger partial charge in [0.1, 0.15) is 17.5 Å². The van der Waals surface area contributed by atoms with E-state index in [1.54, 1.807) is 30.3 Å². The zero-order chi connectivity index (χ0) is 17.8. The van der Waals surface area contributed by atoms with Gasteiger partial charge in [-0.2, -0.15) is 0 Å². The summed E-state index contributed by atoms with van der Waals surface area (Å²) in [6.45, 7) is 1.81. The summed E-state index contributed by atoms with van der Waals surface area (Å²) in [6, 6.07) is 16.0. The SMILES string of the molecule is Cc1nc(Nc2ccc(C(=O)O)cc2)cc(Nc2cccc(Br)c2)n1. The van der Waals surface area contributed by atoms with Gasteiger partial charge in [-0.15, -0.1) is 0 Å². The standard InChI is InChI=1S/C18H15BrN4O2/c1-11-20-16(22-14-7-5-12(6-8-14)18(24)25)10-17(21-11)23-15-4-2-3-13(19)9-15/h2-10H,1H3,(H,24,25)(H2,20,21,22,23). The molecule has 3 N–H and O–H groups in total. The van der Waals surface area contributed by atoms with Gasteiger partial charge in [-0.25, -0.2) is 14.8 Å².